The normalized spacial score (nSPS) is 18.4. The molecule has 1 N–H and O–H groups in total. The molecule has 0 spiro atoms. The molecule has 0 bridgehead atoms. The highest BCUT2D eigenvalue weighted by Gasteiger charge is 2.22. The Morgan fingerprint density at radius 2 is 2.25 bits per heavy atom. The summed E-state index contributed by atoms with van der Waals surface area (Å²) in [6.45, 7) is 2.17. The lowest BCUT2D eigenvalue weighted by Gasteiger charge is -2.14. The van der Waals surface area contributed by atoms with Crippen LogP contribution in [0, 0.1) is 6.92 Å². The fourth-order valence-electron chi connectivity index (χ4n) is 2.42. The van der Waals surface area contributed by atoms with E-state index in [9.17, 15) is 0 Å². The van der Waals surface area contributed by atoms with E-state index >= 15 is 0 Å². The fraction of sp³-hybridized carbons (Fsp3) is 0.286. The second-order valence-electron chi connectivity index (χ2n) is 4.45. The third-order valence-corrected chi connectivity index (χ3v) is 3.92. The molecule has 0 saturated carbocycles. The van der Waals surface area contributed by atoms with Crippen LogP contribution in [0.15, 0.2) is 35.0 Å². The number of thiophene rings is 1. The van der Waals surface area contributed by atoms with Gasteiger partial charge in [-0.25, -0.2) is 0 Å². The van der Waals surface area contributed by atoms with Gasteiger partial charge in [0.25, 0.3) is 0 Å². The molecule has 1 nitrogen and oxygen atoms in total. The highest BCUT2D eigenvalue weighted by molar-refractivity contribution is 7.08. The molecule has 0 aliphatic heterocycles. The maximum atomic E-state index is 3.61. The van der Waals surface area contributed by atoms with E-state index in [1.165, 1.54) is 35.2 Å². The summed E-state index contributed by atoms with van der Waals surface area (Å²) in [5.41, 5.74) is 5.62. The molecule has 1 aliphatic rings. The van der Waals surface area contributed by atoms with Gasteiger partial charge >= 0.3 is 0 Å². The summed E-state index contributed by atoms with van der Waals surface area (Å²) in [5, 5.41) is 7.91. The quantitative estimate of drug-likeness (QED) is 0.815. The topological polar surface area (TPSA) is 12.0 Å². The number of nitrogens with one attached hydrogen (secondary N) is 1. The average molecular weight is 229 g/mol. The molecule has 1 atom stereocenters. The first-order valence-corrected chi connectivity index (χ1v) is 6.65. The molecule has 0 amide bonds. The molecule has 1 unspecified atom stereocenters. The minimum atomic E-state index is 0.504. The van der Waals surface area contributed by atoms with Gasteiger partial charge in [-0.15, -0.1) is 0 Å². The molecule has 1 aromatic carbocycles. The summed E-state index contributed by atoms with van der Waals surface area (Å²) in [7, 11) is 0. The standard InChI is InChI=1S/C14H15NS/c1-10-2-3-11-4-5-14(13(11)8-10)15-12-6-7-16-9-12/h2-3,6-9,14-15H,4-5H2,1H3. The fourth-order valence-corrected chi connectivity index (χ4v) is 3.02. The Morgan fingerprint density at radius 1 is 1.31 bits per heavy atom. The van der Waals surface area contributed by atoms with Gasteiger partial charge in [-0.05, 0) is 42.3 Å². The van der Waals surface area contributed by atoms with Crippen molar-refractivity contribution in [2.45, 2.75) is 25.8 Å². The highest BCUT2D eigenvalue weighted by atomic mass is 32.1. The first-order chi connectivity index (χ1) is 7.83. The minimum absolute atomic E-state index is 0.504. The molecule has 0 fully saturated rings. The van der Waals surface area contributed by atoms with Crippen molar-refractivity contribution >= 4 is 17.0 Å². The van der Waals surface area contributed by atoms with Crippen LogP contribution in [0.3, 0.4) is 0 Å². The van der Waals surface area contributed by atoms with Crippen molar-refractivity contribution in [2.75, 3.05) is 5.32 Å². The largest absolute Gasteiger partial charge is 0.378 e. The molecule has 1 heterocycles. The molecule has 2 heteroatoms. The predicted octanol–water partition coefficient (Wildman–Crippen LogP) is 4.16. The van der Waals surface area contributed by atoms with Crippen LogP contribution in [-0.2, 0) is 6.42 Å². The van der Waals surface area contributed by atoms with Gasteiger partial charge in [0, 0.05) is 11.1 Å². The lowest BCUT2D eigenvalue weighted by molar-refractivity contribution is 0.762. The van der Waals surface area contributed by atoms with E-state index < -0.39 is 0 Å². The van der Waals surface area contributed by atoms with Gasteiger partial charge in [-0.3, -0.25) is 0 Å². The van der Waals surface area contributed by atoms with Gasteiger partial charge in [0.15, 0.2) is 0 Å². The Morgan fingerprint density at radius 3 is 3.06 bits per heavy atom. The predicted molar refractivity (Wildman–Crippen MR) is 70.2 cm³/mol. The van der Waals surface area contributed by atoms with E-state index in [2.05, 4.69) is 47.3 Å². The summed E-state index contributed by atoms with van der Waals surface area (Å²) in [6, 6.07) is 9.47. The number of hydrogen-bond donors (Lipinski definition) is 1. The van der Waals surface area contributed by atoms with Crippen molar-refractivity contribution < 1.29 is 0 Å². The zero-order valence-corrected chi connectivity index (χ0v) is 10.2. The average Bonchev–Trinajstić information content (AvgIpc) is 2.90. The van der Waals surface area contributed by atoms with Gasteiger partial charge in [0.05, 0.1) is 6.04 Å². The maximum absolute atomic E-state index is 3.61. The summed E-state index contributed by atoms with van der Waals surface area (Å²) >= 11 is 1.74. The van der Waals surface area contributed by atoms with Crippen LogP contribution in [0.1, 0.15) is 29.2 Å². The van der Waals surface area contributed by atoms with Crippen LogP contribution < -0.4 is 5.32 Å². The molecular weight excluding hydrogens is 214 g/mol. The second kappa shape index (κ2) is 3.95. The minimum Gasteiger partial charge on any atom is -0.378 e. The zero-order valence-electron chi connectivity index (χ0n) is 9.36. The number of anilines is 1. The van der Waals surface area contributed by atoms with Crippen molar-refractivity contribution in [3.8, 4) is 0 Å². The molecule has 82 valence electrons. The summed E-state index contributed by atoms with van der Waals surface area (Å²) < 4.78 is 0. The molecule has 3 rings (SSSR count). The van der Waals surface area contributed by atoms with Crippen molar-refractivity contribution in [1.29, 1.82) is 0 Å². The lowest BCUT2D eigenvalue weighted by Crippen LogP contribution is -2.06. The second-order valence-corrected chi connectivity index (χ2v) is 5.23. The molecular formula is C14H15NS. The Balaban J connectivity index is 1.88. The van der Waals surface area contributed by atoms with E-state index in [1.54, 1.807) is 11.3 Å². The monoisotopic (exact) mass is 229 g/mol. The van der Waals surface area contributed by atoms with Crippen LogP contribution in [-0.4, -0.2) is 0 Å². The first-order valence-electron chi connectivity index (χ1n) is 5.71. The maximum Gasteiger partial charge on any atom is 0.0520 e. The number of fused-ring (bicyclic) bond motifs is 1. The first kappa shape index (κ1) is 9.91. The van der Waals surface area contributed by atoms with Gasteiger partial charge < -0.3 is 5.32 Å². The van der Waals surface area contributed by atoms with Crippen molar-refractivity contribution in [3.63, 3.8) is 0 Å². The van der Waals surface area contributed by atoms with E-state index in [0.29, 0.717) is 6.04 Å². The van der Waals surface area contributed by atoms with Crippen LogP contribution in [0.5, 0.6) is 0 Å². The Hall–Kier alpha value is -1.28. The van der Waals surface area contributed by atoms with Gasteiger partial charge in [0.2, 0.25) is 0 Å². The summed E-state index contributed by atoms with van der Waals surface area (Å²) in [6.07, 6.45) is 2.42. The molecule has 16 heavy (non-hydrogen) atoms. The van der Waals surface area contributed by atoms with Crippen LogP contribution >= 0.6 is 11.3 Å². The third-order valence-electron chi connectivity index (χ3n) is 3.24. The SMILES string of the molecule is Cc1ccc2c(c1)C(Nc1ccsc1)CC2. The van der Waals surface area contributed by atoms with E-state index in [-0.39, 0.29) is 0 Å². The molecule has 1 aliphatic carbocycles. The number of benzene rings is 1. The van der Waals surface area contributed by atoms with Crippen molar-refractivity contribution in [1.82, 2.24) is 0 Å². The molecule has 0 saturated heterocycles. The van der Waals surface area contributed by atoms with E-state index in [0.717, 1.165) is 0 Å². The highest BCUT2D eigenvalue weighted by Crippen LogP contribution is 2.34. The molecule has 0 radical (unpaired) electrons. The van der Waals surface area contributed by atoms with Crippen LogP contribution in [0.4, 0.5) is 5.69 Å². The van der Waals surface area contributed by atoms with Crippen LogP contribution in [0.2, 0.25) is 0 Å². The van der Waals surface area contributed by atoms with Crippen LogP contribution in [0.25, 0.3) is 0 Å². The van der Waals surface area contributed by atoms with Gasteiger partial charge in [-0.2, -0.15) is 11.3 Å². The number of aryl methyl sites for hydroxylation is 2. The van der Waals surface area contributed by atoms with E-state index in [1.807, 2.05) is 0 Å². The Bertz CT molecular complexity index is 487. The molecule has 1 aromatic heterocycles. The summed E-state index contributed by atoms with van der Waals surface area (Å²) in [5.74, 6) is 0. The smallest absolute Gasteiger partial charge is 0.0520 e. The zero-order chi connectivity index (χ0) is 11.0. The van der Waals surface area contributed by atoms with Crippen molar-refractivity contribution in [2.24, 2.45) is 0 Å². The van der Waals surface area contributed by atoms with Gasteiger partial charge in [-0.1, -0.05) is 23.8 Å². The van der Waals surface area contributed by atoms with Gasteiger partial charge in [0.1, 0.15) is 0 Å². The number of rotatable bonds is 2. The Labute approximate surface area is 100 Å². The molecule has 2 aromatic rings. The van der Waals surface area contributed by atoms with E-state index in [4.69, 9.17) is 0 Å². The van der Waals surface area contributed by atoms with Crippen molar-refractivity contribution in [3.05, 3.63) is 51.7 Å². The third kappa shape index (κ3) is 1.74. The summed E-state index contributed by atoms with van der Waals surface area (Å²) in [4.78, 5) is 0. The lowest BCUT2D eigenvalue weighted by atomic mass is 10.1. The Kier molecular flexibility index (Phi) is 2.44. The number of hydrogen-bond acceptors (Lipinski definition) is 2.